The summed E-state index contributed by atoms with van der Waals surface area (Å²) in [5.41, 5.74) is 4.98. The second kappa shape index (κ2) is 5.64. The number of aromatic nitrogens is 2. The summed E-state index contributed by atoms with van der Waals surface area (Å²) < 4.78 is 0. The molecule has 0 bridgehead atoms. The zero-order valence-electron chi connectivity index (χ0n) is 12.0. The van der Waals surface area contributed by atoms with Crippen LogP contribution in [0.4, 0.5) is 0 Å². The van der Waals surface area contributed by atoms with Gasteiger partial charge >= 0.3 is 5.97 Å². The first-order valence-corrected chi connectivity index (χ1v) is 7.26. The van der Waals surface area contributed by atoms with Crippen LogP contribution in [0.1, 0.15) is 40.4 Å². The lowest BCUT2D eigenvalue weighted by Crippen LogP contribution is -2.18. The number of benzene rings is 1. The van der Waals surface area contributed by atoms with Gasteiger partial charge in [-0.2, -0.15) is 0 Å². The molecular weight excluding hydrogens is 264 g/mol. The molecule has 0 saturated heterocycles. The lowest BCUT2D eigenvalue weighted by Gasteiger charge is -2.15. The Kier molecular flexibility index (Phi) is 3.69. The largest absolute Gasteiger partial charge is 0.481 e. The van der Waals surface area contributed by atoms with Gasteiger partial charge in [-0.05, 0) is 43.7 Å². The van der Waals surface area contributed by atoms with Crippen molar-refractivity contribution >= 4 is 5.97 Å². The van der Waals surface area contributed by atoms with Crippen molar-refractivity contribution in [2.45, 2.75) is 38.5 Å². The van der Waals surface area contributed by atoms with Crippen molar-refractivity contribution in [1.29, 1.82) is 0 Å². The maximum absolute atomic E-state index is 11.7. The highest BCUT2D eigenvalue weighted by Gasteiger charge is 2.28. The van der Waals surface area contributed by atoms with E-state index in [2.05, 4.69) is 9.97 Å². The van der Waals surface area contributed by atoms with E-state index in [1.807, 2.05) is 31.2 Å². The third kappa shape index (κ3) is 2.79. The van der Waals surface area contributed by atoms with Gasteiger partial charge in [0.05, 0.1) is 5.69 Å². The summed E-state index contributed by atoms with van der Waals surface area (Å²) in [7, 11) is 0. The fourth-order valence-corrected chi connectivity index (χ4v) is 2.95. The van der Waals surface area contributed by atoms with Gasteiger partial charge in [0, 0.05) is 5.69 Å². The van der Waals surface area contributed by atoms with Crippen LogP contribution in [0.5, 0.6) is 0 Å². The fourth-order valence-electron chi connectivity index (χ4n) is 2.95. The molecule has 1 atom stereocenters. The third-order valence-electron chi connectivity index (χ3n) is 4.10. The van der Waals surface area contributed by atoms with Gasteiger partial charge in [0.25, 0.3) is 0 Å². The Morgan fingerprint density at radius 3 is 2.71 bits per heavy atom. The molecule has 1 heterocycles. The van der Waals surface area contributed by atoms with Gasteiger partial charge in [-0.3, -0.25) is 4.79 Å². The second-order valence-electron chi connectivity index (χ2n) is 5.62. The van der Waals surface area contributed by atoms with Crippen LogP contribution >= 0.6 is 0 Å². The summed E-state index contributed by atoms with van der Waals surface area (Å²) in [6.45, 7) is 2.02. The molecule has 4 heteroatoms. The van der Waals surface area contributed by atoms with Crippen LogP contribution < -0.4 is 0 Å². The predicted octanol–water partition coefficient (Wildman–Crippen LogP) is 2.68. The maximum atomic E-state index is 11.7. The number of hydrogen-bond acceptors (Lipinski definition) is 3. The smallest absolute Gasteiger partial charge is 0.312 e. The Bertz CT molecular complexity index is 665. The monoisotopic (exact) mass is 282 g/mol. The average molecular weight is 282 g/mol. The van der Waals surface area contributed by atoms with Crippen LogP contribution in [0.25, 0.3) is 0 Å². The number of carbonyl (C=O) groups is 1. The van der Waals surface area contributed by atoms with Crippen molar-refractivity contribution in [3.8, 4) is 0 Å². The molecular formula is C17H18N2O2. The van der Waals surface area contributed by atoms with Gasteiger partial charge in [-0.15, -0.1) is 0 Å². The molecule has 1 aliphatic carbocycles. The van der Waals surface area contributed by atoms with E-state index in [1.54, 1.807) is 0 Å². The first-order chi connectivity index (χ1) is 10.1. The molecule has 2 aromatic rings. The molecule has 0 radical (unpaired) electrons. The minimum absolute atomic E-state index is 0.471. The molecule has 0 saturated carbocycles. The van der Waals surface area contributed by atoms with Crippen molar-refractivity contribution in [1.82, 2.24) is 9.97 Å². The summed E-state index contributed by atoms with van der Waals surface area (Å²) >= 11 is 0. The van der Waals surface area contributed by atoms with Crippen LogP contribution in [-0.2, 0) is 24.1 Å². The van der Waals surface area contributed by atoms with Crippen LogP contribution in [0.2, 0.25) is 0 Å². The Morgan fingerprint density at radius 1 is 1.24 bits per heavy atom. The van der Waals surface area contributed by atoms with Gasteiger partial charge in [-0.1, -0.05) is 29.8 Å². The van der Waals surface area contributed by atoms with E-state index in [4.69, 9.17) is 0 Å². The van der Waals surface area contributed by atoms with Gasteiger partial charge in [0.15, 0.2) is 0 Å². The first-order valence-electron chi connectivity index (χ1n) is 7.26. The molecule has 1 unspecified atom stereocenters. The first kappa shape index (κ1) is 13.7. The molecule has 0 spiro atoms. The number of carboxylic acids is 1. The van der Waals surface area contributed by atoms with Crippen LogP contribution in [0.15, 0.2) is 30.6 Å². The van der Waals surface area contributed by atoms with Crippen molar-refractivity contribution in [3.63, 3.8) is 0 Å². The second-order valence-corrected chi connectivity index (χ2v) is 5.62. The quantitative estimate of drug-likeness (QED) is 0.936. The maximum Gasteiger partial charge on any atom is 0.312 e. The molecule has 1 aromatic heterocycles. The predicted molar refractivity (Wildman–Crippen MR) is 79.3 cm³/mol. The molecule has 4 nitrogen and oxygen atoms in total. The molecule has 3 rings (SSSR count). The molecule has 0 amide bonds. The number of hydrogen-bond donors (Lipinski definition) is 1. The summed E-state index contributed by atoms with van der Waals surface area (Å²) in [6.07, 6.45) is 4.84. The highest BCUT2D eigenvalue weighted by atomic mass is 16.4. The van der Waals surface area contributed by atoms with Gasteiger partial charge in [0.2, 0.25) is 0 Å². The fraction of sp³-hybridized carbons (Fsp3) is 0.353. The van der Waals surface area contributed by atoms with Crippen molar-refractivity contribution in [2.24, 2.45) is 0 Å². The Balaban J connectivity index is 1.94. The van der Waals surface area contributed by atoms with E-state index < -0.39 is 11.9 Å². The molecule has 1 N–H and O–H groups in total. The van der Waals surface area contributed by atoms with E-state index in [0.29, 0.717) is 12.1 Å². The normalized spacial score (nSPS) is 14.7. The van der Waals surface area contributed by atoms with Crippen LogP contribution in [0, 0.1) is 6.92 Å². The topological polar surface area (TPSA) is 63.1 Å². The van der Waals surface area contributed by atoms with Gasteiger partial charge in [-0.25, -0.2) is 9.97 Å². The molecule has 1 aliphatic rings. The van der Waals surface area contributed by atoms with E-state index in [9.17, 15) is 9.90 Å². The molecule has 0 aliphatic heterocycles. The minimum atomic E-state index is -0.816. The summed E-state index contributed by atoms with van der Waals surface area (Å²) in [6, 6.07) is 8.01. The van der Waals surface area contributed by atoms with Gasteiger partial charge in [0.1, 0.15) is 12.2 Å². The Hall–Kier alpha value is -2.23. The molecule has 0 fully saturated rings. The Labute approximate surface area is 123 Å². The Morgan fingerprint density at radius 2 is 2.00 bits per heavy atom. The van der Waals surface area contributed by atoms with E-state index in [0.717, 1.165) is 36.1 Å². The standard InChI is InChI=1S/C17H18N2O2/c1-11-5-7-12(8-6-11)9-14(17(20)21)16-13-3-2-4-15(13)18-10-19-16/h5-8,10,14H,2-4,9H2,1H3,(H,20,21). The highest BCUT2D eigenvalue weighted by molar-refractivity contribution is 5.76. The van der Waals surface area contributed by atoms with Crippen molar-refractivity contribution < 1.29 is 9.90 Å². The zero-order chi connectivity index (χ0) is 14.8. The number of carboxylic acid groups (broad SMARTS) is 1. The summed E-state index contributed by atoms with van der Waals surface area (Å²) in [5.74, 6) is -1.41. The van der Waals surface area contributed by atoms with Gasteiger partial charge < -0.3 is 5.11 Å². The van der Waals surface area contributed by atoms with Crippen molar-refractivity contribution in [2.75, 3.05) is 0 Å². The summed E-state index contributed by atoms with van der Waals surface area (Å²) in [5, 5.41) is 9.61. The van der Waals surface area contributed by atoms with Crippen LogP contribution in [0.3, 0.4) is 0 Å². The minimum Gasteiger partial charge on any atom is -0.481 e. The van der Waals surface area contributed by atoms with Crippen molar-refractivity contribution in [3.05, 3.63) is 58.7 Å². The number of aliphatic carboxylic acids is 1. The lowest BCUT2D eigenvalue weighted by atomic mass is 9.92. The summed E-state index contributed by atoms with van der Waals surface area (Å²) in [4.78, 5) is 20.3. The SMILES string of the molecule is Cc1ccc(CC(C(=O)O)c2ncnc3c2CCC3)cc1. The number of nitrogens with zero attached hydrogens (tertiary/aromatic N) is 2. The van der Waals surface area contributed by atoms with E-state index >= 15 is 0 Å². The lowest BCUT2D eigenvalue weighted by molar-refractivity contribution is -0.138. The number of aryl methyl sites for hydroxylation is 2. The average Bonchev–Trinajstić information content (AvgIpc) is 2.95. The molecule has 108 valence electrons. The number of rotatable bonds is 4. The third-order valence-corrected chi connectivity index (χ3v) is 4.10. The zero-order valence-corrected chi connectivity index (χ0v) is 12.0. The number of fused-ring (bicyclic) bond motifs is 1. The molecule has 1 aromatic carbocycles. The van der Waals surface area contributed by atoms with E-state index in [1.165, 1.54) is 11.9 Å². The van der Waals surface area contributed by atoms with Crippen LogP contribution in [-0.4, -0.2) is 21.0 Å². The van der Waals surface area contributed by atoms with E-state index in [-0.39, 0.29) is 0 Å². The highest BCUT2D eigenvalue weighted by Crippen LogP contribution is 2.29. The molecule has 21 heavy (non-hydrogen) atoms.